The minimum absolute atomic E-state index is 0. The van der Waals surface area contributed by atoms with Crippen molar-refractivity contribution in [1.82, 2.24) is 10.2 Å². The zero-order valence-electron chi connectivity index (χ0n) is 10.7. The van der Waals surface area contributed by atoms with Crippen LogP contribution in [0.3, 0.4) is 0 Å². The molecule has 0 spiro atoms. The molecule has 0 aromatic heterocycles. The molecule has 1 N–H and O–H groups in total. The molecular weight excluding hydrogens is 252 g/mol. The number of hydrogen-bond acceptors (Lipinski definition) is 3. The van der Waals surface area contributed by atoms with E-state index in [0.717, 1.165) is 30.9 Å². The first-order valence-corrected chi connectivity index (χ1v) is 5.88. The summed E-state index contributed by atoms with van der Waals surface area (Å²) in [6, 6.07) is 7.52. The molecule has 1 aromatic rings. The molecule has 0 saturated carbocycles. The lowest BCUT2D eigenvalue weighted by Gasteiger charge is -2.34. The fourth-order valence-electron chi connectivity index (χ4n) is 2.04. The number of nitrogens with one attached hydrogen (secondary N) is 1. The average Bonchev–Trinajstić information content (AvgIpc) is 2.39. The zero-order chi connectivity index (χ0) is 12.3. The summed E-state index contributed by atoms with van der Waals surface area (Å²) in [5, 5.41) is 3.28. The van der Waals surface area contributed by atoms with Gasteiger partial charge in [-0.3, -0.25) is 4.79 Å². The number of methoxy groups -OCH3 is 1. The Labute approximate surface area is 114 Å². The lowest BCUT2D eigenvalue weighted by atomic mass is 10.1. The summed E-state index contributed by atoms with van der Waals surface area (Å²) >= 11 is 0. The van der Waals surface area contributed by atoms with Crippen LogP contribution in [0, 0.1) is 0 Å². The van der Waals surface area contributed by atoms with Crippen molar-refractivity contribution in [2.45, 2.75) is 13.0 Å². The number of halogens is 1. The second kappa shape index (κ2) is 6.61. The van der Waals surface area contributed by atoms with Crippen molar-refractivity contribution in [3.05, 3.63) is 29.8 Å². The molecule has 1 saturated heterocycles. The number of hydrogen-bond donors (Lipinski definition) is 1. The molecule has 18 heavy (non-hydrogen) atoms. The predicted octanol–water partition coefficient (Wildman–Crippen LogP) is 1.55. The summed E-state index contributed by atoms with van der Waals surface area (Å²) in [5.74, 6) is 0.872. The highest BCUT2D eigenvalue weighted by Gasteiger charge is 2.23. The Morgan fingerprint density at radius 1 is 1.39 bits per heavy atom. The van der Waals surface area contributed by atoms with E-state index in [1.54, 1.807) is 7.11 Å². The summed E-state index contributed by atoms with van der Waals surface area (Å²) in [5.41, 5.74) is 0.722. The molecule has 1 amide bonds. The lowest BCUT2D eigenvalue weighted by Crippen LogP contribution is -2.52. The SMILES string of the molecule is COc1ccc(C(=O)N2CCNCC2C)cc1.Cl. The van der Waals surface area contributed by atoms with E-state index in [0.29, 0.717) is 0 Å². The Morgan fingerprint density at radius 2 is 2.06 bits per heavy atom. The molecule has 1 aliphatic rings. The van der Waals surface area contributed by atoms with Crippen molar-refractivity contribution < 1.29 is 9.53 Å². The van der Waals surface area contributed by atoms with Gasteiger partial charge in [-0.15, -0.1) is 12.4 Å². The van der Waals surface area contributed by atoms with Gasteiger partial charge in [-0.25, -0.2) is 0 Å². The first kappa shape index (κ1) is 14.8. The molecule has 5 heteroatoms. The van der Waals surface area contributed by atoms with Crippen molar-refractivity contribution in [2.75, 3.05) is 26.7 Å². The largest absolute Gasteiger partial charge is 0.497 e. The van der Waals surface area contributed by atoms with Gasteiger partial charge in [-0.2, -0.15) is 0 Å². The second-order valence-electron chi connectivity index (χ2n) is 4.28. The first-order valence-electron chi connectivity index (χ1n) is 5.88. The predicted molar refractivity (Wildman–Crippen MR) is 73.6 cm³/mol. The van der Waals surface area contributed by atoms with Crippen LogP contribution in [-0.2, 0) is 0 Å². The fourth-order valence-corrected chi connectivity index (χ4v) is 2.04. The van der Waals surface area contributed by atoms with E-state index < -0.39 is 0 Å². The molecule has 2 rings (SSSR count). The maximum Gasteiger partial charge on any atom is 0.254 e. The minimum Gasteiger partial charge on any atom is -0.497 e. The van der Waals surface area contributed by atoms with Crippen LogP contribution in [0.5, 0.6) is 5.75 Å². The van der Waals surface area contributed by atoms with Gasteiger partial charge in [0.25, 0.3) is 5.91 Å². The van der Waals surface area contributed by atoms with Gasteiger partial charge in [0.15, 0.2) is 0 Å². The number of benzene rings is 1. The summed E-state index contributed by atoms with van der Waals surface area (Å²) in [6.07, 6.45) is 0. The Morgan fingerprint density at radius 3 is 2.61 bits per heavy atom. The van der Waals surface area contributed by atoms with Crippen LogP contribution < -0.4 is 10.1 Å². The number of nitrogens with zero attached hydrogens (tertiary/aromatic N) is 1. The highest BCUT2D eigenvalue weighted by atomic mass is 35.5. The summed E-state index contributed by atoms with van der Waals surface area (Å²) in [4.78, 5) is 14.2. The molecule has 0 radical (unpaired) electrons. The van der Waals surface area contributed by atoms with Crippen molar-refractivity contribution >= 4 is 18.3 Å². The standard InChI is InChI=1S/C13H18N2O2.ClH/c1-10-9-14-7-8-15(10)13(16)11-3-5-12(17-2)6-4-11;/h3-6,10,14H,7-9H2,1-2H3;1H. The van der Waals surface area contributed by atoms with Crippen molar-refractivity contribution in [2.24, 2.45) is 0 Å². The van der Waals surface area contributed by atoms with Gasteiger partial charge in [-0.1, -0.05) is 0 Å². The van der Waals surface area contributed by atoms with Crippen LogP contribution in [0.1, 0.15) is 17.3 Å². The molecule has 1 fully saturated rings. The van der Waals surface area contributed by atoms with Crippen LogP contribution in [0.25, 0.3) is 0 Å². The van der Waals surface area contributed by atoms with E-state index >= 15 is 0 Å². The highest BCUT2D eigenvalue weighted by Crippen LogP contribution is 2.15. The van der Waals surface area contributed by atoms with Crippen LogP contribution in [0.15, 0.2) is 24.3 Å². The molecule has 1 aliphatic heterocycles. The third-order valence-electron chi connectivity index (χ3n) is 3.10. The Hall–Kier alpha value is -1.26. The Balaban J connectivity index is 0.00000162. The lowest BCUT2D eigenvalue weighted by molar-refractivity contribution is 0.0656. The first-order chi connectivity index (χ1) is 8.22. The normalized spacial score (nSPS) is 19.0. The van der Waals surface area contributed by atoms with Crippen LogP contribution >= 0.6 is 12.4 Å². The molecule has 0 aliphatic carbocycles. The number of piperazine rings is 1. The molecular formula is C13H19ClN2O2. The molecule has 1 heterocycles. The van der Waals surface area contributed by atoms with Crippen molar-refractivity contribution in [1.29, 1.82) is 0 Å². The molecule has 4 nitrogen and oxygen atoms in total. The van der Waals surface area contributed by atoms with E-state index in [9.17, 15) is 4.79 Å². The van der Waals surface area contributed by atoms with Gasteiger partial charge in [0.05, 0.1) is 7.11 Å². The van der Waals surface area contributed by atoms with E-state index in [2.05, 4.69) is 12.2 Å². The monoisotopic (exact) mass is 270 g/mol. The highest BCUT2D eigenvalue weighted by molar-refractivity contribution is 5.94. The van der Waals surface area contributed by atoms with E-state index in [1.807, 2.05) is 29.2 Å². The van der Waals surface area contributed by atoms with Gasteiger partial charge in [0.2, 0.25) is 0 Å². The molecule has 1 aromatic carbocycles. The Bertz CT molecular complexity index is 394. The molecule has 100 valence electrons. The van der Waals surface area contributed by atoms with Crippen molar-refractivity contribution in [3.63, 3.8) is 0 Å². The summed E-state index contributed by atoms with van der Waals surface area (Å²) in [7, 11) is 1.62. The van der Waals surface area contributed by atoms with E-state index in [-0.39, 0.29) is 24.4 Å². The maximum absolute atomic E-state index is 12.3. The van der Waals surface area contributed by atoms with E-state index in [1.165, 1.54) is 0 Å². The third-order valence-corrected chi connectivity index (χ3v) is 3.10. The smallest absolute Gasteiger partial charge is 0.254 e. The number of carbonyl (C=O) groups is 1. The summed E-state index contributed by atoms with van der Waals surface area (Å²) in [6.45, 7) is 4.56. The summed E-state index contributed by atoms with van der Waals surface area (Å²) < 4.78 is 5.08. The zero-order valence-corrected chi connectivity index (χ0v) is 11.5. The van der Waals surface area contributed by atoms with Gasteiger partial charge in [0, 0.05) is 31.2 Å². The number of carbonyl (C=O) groups excluding carboxylic acids is 1. The quantitative estimate of drug-likeness (QED) is 0.887. The number of ether oxygens (including phenoxy) is 1. The minimum atomic E-state index is 0. The second-order valence-corrected chi connectivity index (χ2v) is 4.28. The van der Waals surface area contributed by atoms with Gasteiger partial charge >= 0.3 is 0 Å². The van der Waals surface area contributed by atoms with Crippen LogP contribution in [0.2, 0.25) is 0 Å². The fraction of sp³-hybridized carbons (Fsp3) is 0.462. The van der Waals surface area contributed by atoms with Crippen molar-refractivity contribution in [3.8, 4) is 5.75 Å². The van der Waals surface area contributed by atoms with Gasteiger partial charge < -0.3 is 15.0 Å². The molecule has 1 atom stereocenters. The van der Waals surface area contributed by atoms with Crippen LogP contribution in [-0.4, -0.2) is 43.6 Å². The van der Waals surface area contributed by atoms with Gasteiger partial charge in [-0.05, 0) is 31.2 Å². The maximum atomic E-state index is 12.3. The average molecular weight is 271 g/mol. The van der Waals surface area contributed by atoms with Gasteiger partial charge in [0.1, 0.15) is 5.75 Å². The Kier molecular flexibility index (Phi) is 5.44. The number of rotatable bonds is 2. The topological polar surface area (TPSA) is 41.6 Å². The van der Waals surface area contributed by atoms with Crippen LogP contribution in [0.4, 0.5) is 0 Å². The molecule has 0 bridgehead atoms. The van der Waals surface area contributed by atoms with E-state index in [4.69, 9.17) is 4.74 Å². The molecule has 1 unspecified atom stereocenters. The number of amides is 1. The third kappa shape index (κ3) is 3.15.